The molecular weight excluding hydrogens is 363 g/mol. The lowest BCUT2D eigenvalue weighted by Gasteiger charge is -2.40. The Morgan fingerprint density at radius 1 is 1.21 bits per heavy atom. The zero-order valence-corrected chi connectivity index (χ0v) is 16.8. The highest BCUT2D eigenvalue weighted by Crippen LogP contribution is 2.17. The topological polar surface area (TPSA) is 59.1 Å². The highest BCUT2D eigenvalue weighted by Gasteiger charge is 2.38. The van der Waals surface area contributed by atoms with Gasteiger partial charge in [-0.25, -0.2) is 14.0 Å². The average Bonchev–Trinajstić information content (AvgIpc) is 2.64. The summed E-state index contributed by atoms with van der Waals surface area (Å²) in [5.74, 6) is 5.29. The van der Waals surface area contributed by atoms with Gasteiger partial charge in [-0.3, -0.25) is 9.80 Å². The van der Waals surface area contributed by atoms with Crippen LogP contribution in [-0.4, -0.2) is 66.8 Å². The lowest BCUT2D eigenvalue weighted by Crippen LogP contribution is -2.59. The van der Waals surface area contributed by atoms with Gasteiger partial charge >= 0.3 is 12.1 Å². The number of piperazine rings is 1. The van der Waals surface area contributed by atoms with Gasteiger partial charge < -0.3 is 9.47 Å². The molecule has 1 fully saturated rings. The van der Waals surface area contributed by atoms with Crippen molar-refractivity contribution in [3.8, 4) is 11.8 Å². The van der Waals surface area contributed by atoms with Crippen LogP contribution in [0.25, 0.3) is 0 Å². The molecule has 0 spiro atoms. The number of halogens is 1. The Hall–Kier alpha value is -2.59. The summed E-state index contributed by atoms with van der Waals surface area (Å²) in [5.41, 5.74) is 0.119. The number of hydrogen-bond donors (Lipinski definition) is 0. The Balaban J connectivity index is 1.94. The van der Waals surface area contributed by atoms with E-state index in [1.54, 1.807) is 32.9 Å². The van der Waals surface area contributed by atoms with Crippen molar-refractivity contribution in [2.24, 2.45) is 0 Å². The van der Waals surface area contributed by atoms with Crippen LogP contribution in [0.4, 0.5) is 9.18 Å². The third kappa shape index (κ3) is 6.54. The van der Waals surface area contributed by atoms with Crippen LogP contribution in [0.2, 0.25) is 0 Å². The van der Waals surface area contributed by atoms with Crippen LogP contribution in [0.3, 0.4) is 0 Å². The lowest BCUT2D eigenvalue weighted by atomic mass is 10.1. The smallest absolute Gasteiger partial charge is 0.411 e. The van der Waals surface area contributed by atoms with Gasteiger partial charge in [0.2, 0.25) is 0 Å². The summed E-state index contributed by atoms with van der Waals surface area (Å²) in [5, 5.41) is 0. The van der Waals surface area contributed by atoms with Gasteiger partial charge in [0.25, 0.3) is 0 Å². The molecule has 0 bridgehead atoms. The summed E-state index contributed by atoms with van der Waals surface area (Å²) in [6, 6.07) is 5.31. The molecule has 7 heteroatoms. The van der Waals surface area contributed by atoms with Crippen LogP contribution in [0.5, 0.6) is 0 Å². The minimum atomic E-state index is -0.710. The summed E-state index contributed by atoms with van der Waals surface area (Å²) in [4.78, 5) is 28.1. The van der Waals surface area contributed by atoms with Crippen molar-refractivity contribution in [2.45, 2.75) is 38.8 Å². The number of ether oxygens (including phenoxy) is 2. The SMILES string of the molecule is COC(=O)C1CN(CCC#Cc2ccc(F)cc2)CCN1C(=O)OC(C)(C)C. The van der Waals surface area contributed by atoms with E-state index in [1.165, 1.54) is 24.1 Å². The summed E-state index contributed by atoms with van der Waals surface area (Å²) in [6.45, 7) is 7.37. The van der Waals surface area contributed by atoms with E-state index in [2.05, 4.69) is 16.7 Å². The number of esters is 1. The largest absolute Gasteiger partial charge is 0.467 e. The van der Waals surface area contributed by atoms with Crippen molar-refractivity contribution < 1.29 is 23.5 Å². The summed E-state index contributed by atoms with van der Waals surface area (Å²) in [7, 11) is 1.31. The fourth-order valence-corrected chi connectivity index (χ4v) is 2.83. The first-order chi connectivity index (χ1) is 13.2. The van der Waals surface area contributed by atoms with Gasteiger partial charge in [0, 0.05) is 38.2 Å². The molecule has 2 rings (SSSR count). The number of methoxy groups -OCH3 is 1. The zero-order chi connectivity index (χ0) is 20.7. The van der Waals surface area contributed by atoms with Gasteiger partial charge in [-0.05, 0) is 45.0 Å². The molecule has 0 N–H and O–H groups in total. The molecule has 1 aliphatic heterocycles. The summed E-state index contributed by atoms with van der Waals surface area (Å²) in [6.07, 6.45) is 0.0798. The van der Waals surface area contributed by atoms with Crippen LogP contribution < -0.4 is 0 Å². The van der Waals surface area contributed by atoms with E-state index in [0.717, 1.165) is 5.56 Å². The molecule has 1 atom stereocenters. The second kappa shape index (κ2) is 9.56. The van der Waals surface area contributed by atoms with Crippen molar-refractivity contribution in [3.63, 3.8) is 0 Å². The molecule has 28 heavy (non-hydrogen) atoms. The van der Waals surface area contributed by atoms with E-state index < -0.39 is 23.7 Å². The van der Waals surface area contributed by atoms with Crippen molar-refractivity contribution in [1.29, 1.82) is 0 Å². The molecule has 1 unspecified atom stereocenters. The molecular formula is C21H27FN2O4. The van der Waals surface area contributed by atoms with Gasteiger partial charge in [-0.1, -0.05) is 11.8 Å². The molecule has 1 saturated heterocycles. The normalized spacial score (nSPS) is 17.5. The highest BCUT2D eigenvalue weighted by molar-refractivity contribution is 5.82. The minimum absolute atomic E-state index is 0.290. The Morgan fingerprint density at radius 3 is 2.50 bits per heavy atom. The third-order valence-corrected chi connectivity index (χ3v) is 4.20. The Kier molecular flexibility index (Phi) is 7.41. The number of benzene rings is 1. The molecule has 0 aliphatic carbocycles. The average molecular weight is 390 g/mol. The van der Waals surface area contributed by atoms with Gasteiger partial charge in [-0.2, -0.15) is 0 Å². The van der Waals surface area contributed by atoms with Crippen molar-refractivity contribution in [1.82, 2.24) is 9.80 Å². The predicted octanol–water partition coefficient (Wildman–Crippen LogP) is 2.66. The highest BCUT2D eigenvalue weighted by atomic mass is 19.1. The fourth-order valence-electron chi connectivity index (χ4n) is 2.83. The first-order valence-electron chi connectivity index (χ1n) is 9.24. The molecule has 6 nitrogen and oxygen atoms in total. The minimum Gasteiger partial charge on any atom is -0.467 e. The lowest BCUT2D eigenvalue weighted by molar-refractivity contribution is -0.149. The van der Waals surface area contributed by atoms with Crippen molar-refractivity contribution in [3.05, 3.63) is 35.6 Å². The van der Waals surface area contributed by atoms with Gasteiger partial charge in [0.15, 0.2) is 0 Å². The van der Waals surface area contributed by atoms with Crippen molar-refractivity contribution in [2.75, 3.05) is 33.3 Å². The maximum Gasteiger partial charge on any atom is 0.411 e. The fraction of sp³-hybridized carbons (Fsp3) is 0.524. The first kappa shape index (κ1) is 21.7. The van der Waals surface area contributed by atoms with E-state index in [-0.39, 0.29) is 5.82 Å². The van der Waals surface area contributed by atoms with Gasteiger partial charge in [0.1, 0.15) is 17.5 Å². The summed E-state index contributed by atoms with van der Waals surface area (Å²) < 4.78 is 23.2. The first-order valence-corrected chi connectivity index (χ1v) is 9.24. The molecule has 1 aromatic carbocycles. The third-order valence-electron chi connectivity index (χ3n) is 4.20. The Morgan fingerprint density at radius 2 is 1.89 bits per heavy atom. The Labute approximate surface area is 165 Å². The number of carbonyl (C=O) groups is 2. The molecule has 1 heterocycles. The molecule has 0 aromatic heterocycles. The van der Waals surface area contributed by atoms with Crippen LogP contribution in [0, 0.1) is 17.7 Å². The van der Waals surface area contributed by atoms with Gasteiger partial charge in [0.05, 0.1) is 7.11 Å². The number of rotatable bonds is 3. The standard InChI is InChI=1S/C21H27FN2O4/c1-21(2,3)28-20(26)24-14-13-23(15-18(24)19(25)27-4)12-6-5-7-16-8-10-17(22)11-9-16/h8-11,18H,6,12-15H2,1-4H3. The number of hydrogen-bond acceptors (Lipinski definition) is 5. The monoisotopic (exact) mass is 390 g/mol. The van der Waals surface area contributed by atoms with Crippen LogP contribution in [0.15, 0.2) is 24.3 Å². The maximum absolute atomic E-state index is 12.9. The van der Waals surface area contributed by atoms with E-state index in [0.29, 0.717) is 32.6 Å². The summed E-state index contributed by atoms with van der Waals surface area (Å²) >= 11 is 0. The van der Waals surface area contributed by atoms with Gasteiger partial charge in [-0.15, -0.1) is 0 Å². The van der Waals surface area contributed by atoms with E-state index >= 15 is 0 Å². The van der Waals surface area contributed by atoms with E-state index in [4.69, 9.17) is 9.47 Å². The number of carbonyl (C=O) groups excluding carboxylic acids is 2. The molecule has 1 amide bonds. The van der Waals surface area contributed by atoms with E-state index in [1.807, 2.05) is 0 Å². The van der Waals surface area contributed by atoms with Crippen LogP contribution >= 0.6 is 0 Å². The molecule has 1 aromatic rings. The maximum atomic E-state index is 12.9. The number of nitrogens with zero attached hydrogens (tertiary/aromatic N) is 2. The Bertz CT molecular complexity index is 746. The molecule has 0 saturated carbocycles. The molecule has 152 valence electrons. The van der Waals surface area contributed by atoms with E-state index in [9.17, 15) is 14.0 Å². The van der Waals surface area contributed by atoms with Crippen molar-refractivity contribution >= 4 is 12.1 Å². The second-order valence-electron chi connectivity index (χ2n) is 7.57. The van der Waals surface area contributed by atoms with Crippen LogP contribution in [-0.2, 0) is 14.3 Å². The quantitative estimate of drug-likeness (QED) is 0.587. The van der Waals surface area contributed by atoms with Crippen LogP contribution in [0.1, 0.15) is 32.8 Å². The molecule has 0 radical (unpaired) electrons. The zero-order valence-electron chi connectivity index (χ0n) is 16.8. The number of amides is 1. The predicted molar refractivity (Wildman–Crippen MR) is 103 cm³/mol. The molecule has 1 aliphatic rings. The second-order valence-corrected chi connectivity index (χ2v) is 7.57.